The Morgan fingerprint density at radius 3 is 2.52 bits per heavy atom. The minimum Gasteiger partial charge on any atom is -0.344 e. The summed E-state index contributed by atoms with van der Waals surface area (Å²) in [5, 5.41) is 4.88. The Kier molecular flexibility index (Phi) is 5.40. The minimum absolute atomic E-state index is 0.0146. The zero-order valence-corrected chi connectivity index (χ0v) is 16.2. The molecule has 0 bridgehead atoms. The van der Waals surface area contributed by atoms with Gasteiger partial charge in [0.2, 0.25) is 11.8 Å². The molecule has 0 spiro atoms. The predicted molar refractivity (Wildman–Crippen MR) is 108 cm³/mol. The molecule has 1 aliphatic heterocycles. The number of benzene rings is 2. The highest BCUT2D eigenvalue weighted by Crippen LogP contribution is 2.30. The molecule has 29 heavy (non-hydrogen) atoms. The molecule has 1 N–H and O–H groups in total. The van der Waals surface area contributed by atoms with Gasteiger partial charge in [0.15, 0.2) is 0 Å². The molecule has 0 aliphatic carbocycles. The summed E-state index contributed by atoms with van der Waals surface area (Å²) in [6.07, 6.45) is 0.0146. The Bertz CT molecular complexity index is 1020. The molecule has 1 fully saturated rings. The molecule has 2 amide bonds. The zero-order chi connectivity index (χ0) is 20.4. The van der Waals surface area contributed by atoms with Crippen LogP contribution in [-0.4, -0.2) is 18.4 Å². The van der Waals surface area contributed by atoms with E-state index in [1.165, 1.54) is 40.5 Å². The number of nitrogens with one attached hydrogen (secondary N) is 1. The highest BCUT2D eigenvalue weighted by Gasteiger charge is 2.37. The van der Waals surface area contributed by atoms with Crippen LogP contribution >= 0.6 is 11.3 Å². The van der Waals surface area contributed by atoms with Crippen LogP contribution in [0.2, 0.25) is 0 Å². The van der Waals surface area contributed by atoms with Crippen molar-refractivity contribution in [1.82, 2.24) is 5.32 Å². The minimum atomic E-state index is -0.593. The summed E-state index contributed by atoms with van der Waals surface area (Å²) >= 11 is 1.48. The molecule has 7 heteroatoms. The van der Waals surface area contributed by atoms with Crippen molar-refractivity contribution in [3.8, 4) is 0 Å². The van der Waals surface area contributed by atoms with Crippen LogP contribution in [0.5, 0.6) is 0 Å². The summed E-state index contributed by atoms with van der Waals surface area (Å²) in [7, 11) is 0. The molecule has 1 aliphatic rings. The van der Waals surface area contributed by atoms with E-state index in [1.807, 2.05) is 17.5 Å². The van der Waals surface area contributed by atoms with Crippen molar-refractivity contribution in [1.29, 1.82) is 0 Å². The lowest BCUT2D eigenvalue weighted by atomic mass is 10.0. The van der Waals surface area contributed by atoms with Gasteiger partial charge >= 0.3 is 0 Å². The van der Waals surface area contributed by atoms with Crippen LogP contribution in [0.25, 0.3) is 0 Å². The lowest BCUT2D eigenvalue weighted by Gasteiger charge is -2.21. The maximum Gasteiger partial charge on any atom is 0.227 e. The molecule has 1 aromatic heterocycles. The van der Waals surface area contributed by atoms with E-state index in [0.717, 1.165) is 10.4 Å². The lowest BCUT2D eigenvalue weighted by Crippen LogP contribution is -2.35. The van der Waals surface area contributed by atoms with Crippen molar-refractivity contribution < 1.29 is 18.4 Å². The van der Waals surface area contributed by atoms with E-state index in [4.69, 9.17) is 0 Å². The molecule has 1 saturated heterocycles. The molecule has 4 nitrogen and oxygen atoms in total. The molecular weight excluding hydrogens is 394 g/mol. The largest absolute Gasteiger partial charge is 0.344 e. The van der Waals surface area contributed by atoms with Crippen LogP contribution in [0.1, 0.15) is 22.9 Å². The van der Waals surface area contributed by atoms with Crippen molar-refractivity contribution in [2.24, 2.45) is 5.92 Å². The number of hydrogen-bond donors (Lipinski definition) is 1. The van der Waals surface area contributed by atoms with Crippen LogP contribution in [-0.2, 0) is 9.59 Å². The highest BCUT2D eigenvalue weighted by molar-refractivity contribution is 7.10. The quantitative estimate of drug-likeness (QED) is 0.680. The van der Waals surface area contributed by atoms with Crippen LogP contribution < -0.4 is 10.2 Å². The number of carbonyl (C=O) groups is 2. The Balaban J connectivity index is 1.53. The summed E-state index contributed by atoms with van der Waals surface area (Å²) in [6, 6.07) is 15.3. The van der Waals surface area contributed by atoms with Gasteiger partial charge in [0.05, 0.1) is 17.6 Å². The molecular formula is C22H18F2N2O2S. The van der Waals surface area contributed by atoms with E-state index in [-0.39, 0.29) is 36.3 Å². The van der Waals surface area contributed by atoms with E-state index >= 15 is 0 Å². The fraction of sp³-hybridized carbons (Fsp3) is 0.182. The maximum atomic E-state index is 14.1. The highest BCUT2D eigenvalue weighted by atomic mass is 32.1. The van der Waals surface area contributed by atoms with Gasteiger partial charge in [-0.3, -0.25) is 9.59 Å². The molecule has 148 valence electrons. The van der Waals surface area contributed by atoms with Crippen LogP contribution in [0.3, 0.4) is 0 Å². The fourth-order valence-corrected chi connectivity index (χ4v) is 4.28. The van der Waals surface area contributed by atoms with Crippen LogP contribution in [0.15, 0.2) is 66.0 Å². The summed E-state index contributed by atoms with van der Waals surface area (Å²) < 4.78 is 27.4. The van der Waals surface area contributed by atoms with Gasteiger partial charge in [-0.15, -0.1) is 11.3 Å². The van der Waals surface area contributed by atoms with Gasteiger partial charge in [-0.1, -0.05) is 30.3 Å². The lowest BCUT2D eigenvalue weighted by molar-refractivity contribution is -0.126. The van der Waals surface area contributed by atoms with Crippen molar-refractivity contribution in [3.05, 3.63) is 88.1 Å². The second-order valence-electron chi connectivity index (χ2n) is 6.87. The average molecular weight is 412 g/mol. The number of amides is 2. The number of thiophene rings is 1. The number of hydrogen-bond acceptors (Lipinski definition) is 3. The Morgan fingerprint density at radius 2 is 1.83 bits per heavy atom. The van der Waals surface area contributed by atoms with Gasteiger partial charge in [-0.2, -0.15) is 0 Å². The third-order valence-electron chi connectivity index (χ3n) is 4.96. The maximum absolute atomic E-state index is 14.1. The number of nitrogens with zero attached hydrogens (tertiary/aromatic N) is 1. The Morgan fingerprint density at radius 1 is 1.07 bits per heavy atom. The topological polar surface area (TPSA) is 49.4 Å². The Hall–Kier alpha value is -3.06. The van der Waals surface area contributed by atoms with Crippen LogP contribution in [0, 0.1) is 17.6 Å². The van der Waals surface area contributed by atoms with E-state index < -0.39 is 17.8 Å². The summed E-state index contributed by atoms with van der Waals surface area (Å²) in [5.74, 6) is -2.02. The van der Waals surface area contributed by atoms with Crippen molar-refractivity contribution in [3.63, 3.8) is 0 Å². The molecule has 0 radical (unpaired) electrons. The van der Waals surface area contributed by atoms with Crippen molar-refractivity contribution in [2.75, 3.05) is 11.4 Å². The average Bonchev–Trinajstić information content (AvgIpc) is 3.37. The van der Waals surface area contributed by atoms with Gasteiger partial charge in [-0.05, 0) is 41.3 Å². The molecule has 2 aromatic carbocycles. The van der Waals surface area contributed by atoms with Gasteiger partial charge in [0.25, 0.3) is 0 Å². The third-order valence-corrected chi connectivity index (χ3v) is 5.89. The van der Waals surface area contributed by atoms with Crippen molar-refractivity contribution >= 4 is 28.8 Å². The first-order valence-electron chi connectivity index (χ1n) is 9.17. The predicted octanol–water partition coefficient (Wildman–Crippen LogP) is 4.29. The molecule has 2 atom stereocenters. The number of anilines is 1. The molecule has 2 heterocycles. The second kappa shape index (κ2) is 8.13. The monoisotopic (exact) mass is 412 g/mol. The van der Waals surface area contributed by atoms with E-state index in [1.54, 1.807) is 24.3 Å². The zero-order valence-electron chi connectivity index (χ0n) is 15.3. The van der Waals surface area contributed by atoms with Gasteiger partial charge < -0.3 is 10.2 Å². The normalized spacial score (nSPS) is 17.4. The number of rotatable bonds is 5. The Labute approximate surface area is 170 Å². The second-order valence-corrected chi connectivity index (χ2v) is 7.84. The summed E-state index contributed by atoms with van der Waals surface area (Å²) in [5.41, 5.74) is 0.929. The molecule has 4 rings (SSSR count). The number of para-hydroxylation sites is 1. The van der Waals surface area contributed by atoms with E-state index in [9.17, 15) is 18.4 Å². The van der Waals surface area contributed by atoms with E-state index in [2.05, 4.69) is 5.32 Å². The summed E-state index contributed by atoms with van der Waals surface area (Å²) in [6.45, 7) is 0.117. The molecule has 0 unspecified atom stereocenters. The van der Waals surface area contributed by atoms with Gasteiger partial charge in [0, 0.05) is 17.8 Å². The van der Waals surface area contributed by atoms with Gasteiger partial charge in [0.1, 0.15) is 11.6 Å². The fourth-order valence-electron chi connectivity index (χ4n) is 3.48. The van der Waals surface area contributed by atoms with E-state index in [0.29, 0.717) is 0 Å². The van der Waals surface area contributed by atoms with Crippen LogP contribution in [0.4, 0.5) is 14.5 Å². The SMILES string of the molecule is O=C(N[C@@H](c1ccc(F)cc1)c1cccs1)[C@H]1CC(=O)N(c2ccccc2F)C1. The molecule has 0 saturated carbocycles. The third kappa shape index (κ3) is 4.05. The van der Waals surface area contributed by atoms with Gasteiger partial charge in [-0.25, -0.2) is 8.78 Å². The first kappa shape index (κ1) is 19.3. The number of carbonyl (C=O) groups excluding carboxylic acids is 2. The summed E-state index contributed by atoms with van der Waals surface area (Å²) in [4.78, 5) is 27.6. The molecule has 3 aromatic rings. The first-order valence-corrected chi connectivity index (χ1v) is 10.0. The van der Waals surface area contributed by atoms with Crippen molar-refractivity contribution in [2.45, 2.75) is 12.5 Å². The first-order chi connectivity index (χ1) is 14.0. The number of halogens is 2. The standard InChI is InChI=1S/C22H18F2N2O2S/c23-16-9-7-14(8-10-16)21(19-6-3-11-29-19)25-22(28)15-12-20(27)26(13-15)18-5-2-1-4-17(18)24/h1-11,15,21H,12-13H2,(H,25,28)/t15-,21-/m0/s1. The smallest absolute Gasteiger partial charge is 0.227 e.